The van der Waals surface area contributed by atoms with Crippen molar-refractivity contribution in [1.29, 1.82) is 0 Å². The minimum Gasteiger partial charge on any atom is -0.456 e. The van der Waals surface area contributed by atoms with Crippen molar-refractivity contribution in [2.45, 2.75) is 39.5 Å². The quantitative estimate of drug-likeness (QED) is 0.521. The molecule has 0 atom stereocenters. The number of amides is 1. The summed E-state index contributed by atoms with van der Waals surface area (Å²) in [5, 5.41) is 2.81. The third kappa shape index (κ3) is 6.01. The molecule has 2 rings (SSSR count). The number of carbonyl (C=O) groups excluding carboxylic acids is 3. The van der Waals surface area contributed by atoms with Gasteiger partial charge in [0.15, 0.2) is 12.4 Å². The molecule has 0 bridgehead atoms. The topological polar surface area (TPSA) is 72.5 Å². The summed E-state index contributed by atoms with van der Waals surface area (Å²) in [6.07, 6.45) is 1.34. The van der Waals surface area contributed by atoms with E-state index in [2.05, 4.69) is 5.32 Å². The van der Waals surface area contributed by atoms with Crippen LogP contribution in [0.1, 0.15) is 48.2 Å². The molecular weight excluding hydrogens is 361 g/mol. The highest BCUT2D eigenvalue weighted by atomic mass is 19.1. The van der Waals surface area contributed by atoms with E-state index in [4.69, 9.17) is 4.74 Å². The van der Waals surface area contributed by atoms with E-state index in [0.29, 0.717) is 5.56 Å². The minimum absolute atomic E-state index is 0.0647. The van der Waals surface area contributed by atoms with Crippen LogP contribution in [0.3, 0.4) is 0 Å². The van der Waals surface area contributed by atoms with Gasteiger partial charge in [0.2, 0.25) is 0 Å². The van der Waals surface area contributed by atoms with Crippen LogP contribution < -0.4 is 5.32 Å². The SMILES string of the molecule is CCc1cccc(CC)c1NC(=O)COC(=O)CCC(=O)c1ccc(F)cc1. The number of benzene rings is 2. The van der Waals surface area contributed by atoms with E-state index in [1.807, 2.05) is 32.0 Å². The number of nitrogens with one attached hydrogen (secondary N) is 1. The number of Topliss-reactive ketones (excluding diaryl/α,β-unsaturated/α-hetero) is 1. The number of aryl methyl sites for hydroxylation is 2. The highest BCUT2D eigenvalue weighted by Crippen LogP contribution is 2.22. The first-order valence-corrected chi connectivity index (χ1v) is 9.29. The van der Waals surface area contributed by atoms with Gasteiger partial charge in [-0.05, 0) is 48.2 Å². The van der Waals surface area contributed by atoms with Gasteiger partial charge in [0.1, 0.15) is 5.82 Å². The Kier molecular flexibility index (Phi) is 7.87. The van der Waals surface area contributed by atoms with Crippen LogP contribution in [0.25, 0.3) is 0 Å². The number of anilines is 1. The Morgan fingerprint density at radius 3 is 2.11 bits per heavy atom. The molecule has 0 aromatic heterocycles. The van der Waals surface area contributed by atoms with E-state index in [1.165, 1.54) is 24.3 Å². The van der Waals surface area contributed by atoms with Gasteiger partial charge in [-0.2, -0.15) is 0 Å². The molecule has 6 heteroatoms. The van der Waals surface area contributed by atoms with E-state index < -0.39 is 24.3 Å². The second kappa shape index (κ2) is 10.3. The molecule has 0 aliphatic carbocycles. The Bertz CT molecular complexity index is 824. The fourth-order valence-corrected chi connectivity index (χ4v) is 2.79. The second-order valence-electron chi connectivity index (χ2n) is 6.30. The summed E-state index contributed by atoms with van der Waals surface area (Å²) in [4.78, 5) is 35.9. The van der Waals surface area contributed by atoms with Gasteiger partial charge in [0, 0.05) is 17.7 Å². The molecule has 2 aromatic rings. The highest BCUT2D eigenvalue weighted by Gasteiger charge is 2.14. The fourth-order valence-electron chi connectivity index (χ4n) is 2.79. The van der Waals surface area contributed by atoms with Gasteiger partial charge >= 0.3 is 5.97 Å². The molecule has 0 saturated heterocycles. The molecule has 0 aliphatic rings. The molecule has 0 aliphatic heterocycles. The predicted octanol–water partition coefficient (Wildman–Crippen LogP) is 4.10. The Balaban J connectivity index is 1.82. The molecule has 2 aromatic carbocycles. The average Bonchev–Trinajstić information content (AvgIpc) is 2.71. The number of hydrogen-bond acceptors (Lipinski definition) is 4. The van der Waals surface area contributed by atoms with E-state index in [9.17, 15) is 18.8 Å². The lowest BCUT2D eigenvalue weighted by Crippen LogP contribution is -2.22. The Labute approximate surface area is 163 Å². The van der Waals surface area contributed by atoms with Gasteiger partial charge in [0.25, 0.3) is 5.91 Å². The molecule has 148 valence electrons. The van der Waals surface area contributed by atoms with Crippen molar-refractivity contribution in [3.05, 3.63) is 65.0 Å². The Hall–Kier alpha value is -3.02. The summed E-state index contributed by atoms with van der Waals surface area (Å²) >= 11 is 0. The van der Waals surface area contributed by atoms with Crippen LogP contribution in [-0.4, -0.2) is 24.3 Å². The number of hydrogen-bond donors (Lipinski definition) is 1. The van der Waals surface area contributed by atoms with Gasteiger partial charge in [-0.3, -0.25) is 14.4 Å². The van der Waals surface area contributed by atoms with Crippen molar-refractivity contribution >= 4 is 23.3 Å². The summed E-state index contributed by atoms with van der Waals surface area (Å²) < 4.78 is 17.8. The van der Waals surface area contributed by atoms with E-state index in [1.54, 1.807) is 0 Å². The average molecular weight is 385 g/mol. The van der Waals surface area contributed by atoms with E-state index in [0.717, 1.165) is 29.7 Å². The molecule has 0 unspecified atom stereocenters. The van der Waals surface area contributed by atoms with Crippen LogP contribution >= 0.6 is 0 Å². The zero-order chi connectivity index (χ0) is 20.5. The lowest BCUT2D eigenvalue weighted by molar-refractivity contribution is -0.147. The normalized spacial score (nSPS) is 10.4. The zero-order valence-corrected chi connectivity index (χ0v) is 16.1. The van der Waals surface area contributed by atoms with Gasteiger partial charge < -0.3 is 10.1 Å². The maximum Gasteiger partial charge on any atom is 0.306 e. The maximum absolute atomic E-state index is 12.9. The molecular formula is C22H24FNO4. The van der Waals surface area contributed by atoms with E-state index >= 15 is 0 Å². The molecule has 0 saturated carbocycles. The first-order chi connectivity index (χ1) is 13.4. The van der Waals surface area contributed by atoms with Crippen molar-refractivity contribution in [2.75, 3.05) is 11.9 Å². The summed E-state index contributed by atoms with van der Waals surface area (Å²) in [7, 11) is 0. The van der Waals surface area contributed by atoms with Crippen molar-refractivity contribution < 1.29 is 23.5 Å². The van der Waals surface area contributed by atoms with Crippen LogP contribution in [-0.2, 0) is 27.2 Å². The molecule has 1 amide bonds. The highest BCUT2D eigenvalue weighted by molar-refractivity contribution is 5.98. The maximum atomic E-state index is 12.9. The Morgan fingerprint density at radius 1 is 0.929 bits per heavy atom. The van der Waals surface area contributed by atoms with Crippen molar-refractivity contribution in [1.82, 2.24) is 0 Å². The number of halogens is 1. The van der Waals surface area contributed by atoms with Gasteiger partial charge in [-0.15, -0.1) is 0 Å². The standard InChI is InChI=1S/C22H24FNO4/c1-3-15-6-5-7-16(4-2)22(15)24-20(26)14-28-21(27)13-12-19(25)17-8-10-18(23)11-9-17/h5-11H,3-4,12-14H2,1-2H3,(H,24,26). The van der Waals surface area contributed by atoms with E-state index in [-0.39, 0.29) is 18.6 Å². The number of carbonyl (C=O) groups is 3. The largest absolute Gasteiger partial charge is 0.456 e. The summed E-state index contributed by atoms with van der Waals surface area (Å²) in [6.45, 7) is 3.59. The lowest BCUT2D eigenvalue weighted by Gasteiger charge is -2.14. The van der Waals surface area contributed by atoms with Crippen LogP contribution in [0, 0.1) is 5.82 Å². The zero-order valence-electron chi connectivity index (χ0n) is 16.1. The number of esters is 1. The number of rotatable bonds is 9. The van der Waals surface area contributed by atoms with Gasteiger partial charge in [-0.25, -0.2) is 4.39 Å². The molecule has 0 heterocycles. The summed E-state index contributed by atoms with van der Waals surface area (Å²) in [5.74, 6) is -1.78. The third-order valence-corrected chi connectivity index (χ3v) is 4.35. The van der Waals surface area contributed by atoms with Crippen LogP contribution in [0.5, 0.6) is 0 Å². The number of ketones is 1. The molecule has 0 spiro atoms. The fraction of sp³-hybridized carbons (Fsp3) is 0.318. The molecule has 1 N–H and O–H groups in total. The van der Waals surface area contributed by atoms with Crippen LogP contribution in [0.4, 0.5) is 10.1 Å². The summed E-state index contributed by atoms with van der Waals surface area (Å²) in [6, 6.07) is 11.0. The Morgan fingerprint density at radius 2 is 1.54 bits per heavy atom. The third-order valence-electron chi connectivity index (χ3n) is 4.35. The predicted molar refractivity (Wildman–Crippen MR) is 105 cm³/mol. The lowest BCUT2D eigenvalue weighted by atomic mass is 10.0. The molecule has 28 heavy (non-hydrogen) atoms. The van der Waals surface area contributed by atoms with Crippen LogP contribution in [0.15, 0.2) is 42.5 Å². The first kappa shape index (κ1) is 21.3. The number of ether oxygens (including phenoxy) is 1. The molecule has 0 fully saturated rings. The van der Waals surface area contributed by atoms with Crippen molar-refractivity contribution in [3.8, 4) is 0 Å². The number of para-hydroxylation sites is 1. The monoisotopic (exact) mass is 385 g/mol. The first-order valence-electron chi connectivity index (χ1n) is 9.29. The van der Waals surface area contributed by atoms with Crippen LogP contribution in [0.2, 0.25) is 0 Å². The molecule has 0 radical (unpaired) electrons. The second-order valence-corrected chi connectivity index (χ2v) is 6.30. The van der Waals surface area contributed by atoms with Gasteiger partial charge in [-0.1, -0.05) is 32.0 Å². The van der Waals surface area contributed by atoms with Crippen molar-refractivity contribution in [2.24, 2.45) is 0 Å². The van der Waals surface area contributed by atoms with Gasteiger partial charge in [0.05, 0.1) is 6.42 Å². The smallest absolute Gasteiger partial charge is 0.306 e. The molecule has 5 nitrogen and oxygen atoms in total. The summed E-state index contributed by atoms with van der Waals surface area (Å²) in [5.41, 5.74) is 3.13. The van der Waals surface area contributed by atoms with Crippen molar-refractivity contribution in [3.63, 3.8) is 0 Å². The minimum atomic E-state index is -0.634.